The van der Waals surface area contributed by atoms with Crippen LogP contribution in [0.4, 0.5) is 0 Å². The highest BCUT2D eigenvalue weighted by atomic mass is 16.5. The summed E-state index contributed by atoms with van der Waals surface area (Å²) in [6.45, 7) is 5.96. The van der Waals surface area contributed by atoms with Gasteiger partial charge in [0.25, 0.3) is 5.91 Å². The van der Waals surface area contributed by atoms with E-state index in [0.717, 1.165) is 16.9 Å². The molecule has 5 heteroatoms. The molecule has 0 spiro atoms. The molecule has 0 unspecified atom stereocenters. The number of hydrogen-bond donors (Lipinski definition) is 1. The highest BCUT2D eigenvalue weighted by Crippen LogP contribution is 2.11. The maximum Gasteiger partial charge on any atom is 0.277 e. The standard InChI is InChI=1S/C19H20N2O3/c1-3-12-23-17-10-6-16(7-11-17)13-20-21-19(22)14-24-18-8-4-15(2)5-9-18/h3-11,13H,1,12,14H2,2H3,(H,21,22). The third kappa shape index (κ3) is 5.96. The van der Waals surface area contributed by atoms with Crippen molar-refractivity contribution >= 4 is 12.1 Å². The van der Waals surface area contributed by atoms with Gasteiger partial charge >= 0.3 is 0 Å². The van der Waals surface area contributed by atoms with Gasteiger partial charge < -0.3 is 9.47 Å². The molecule has 24 heavy (non-hydrogen) atoms. The second kappa shape index (κ2) is 9.15. The molecular weight excluding hydrogens is 304 g/mol. The van der Waals surface area contributed by atoms with Crippen LogP contribution in [0.5, 0.6) is 11.5 Å². The van der Waals surface area contributed by atoms with E-state index in [0.29, 0.717) is 12.4 Å². The maximum absolute atomic E-state index is 11.7. The monoisotopic (exact) mass is 324 g/mol. The molecule has 0 aromatic heterocycles. The van der Waals surface area contributed by atoms with E-state index in [-0.39, 0.29) is 12.5 Å². The van der Waals surface area contributed by atoms with Crippen LogP contribution in [0.1, 0.15) is 11.1 Å². The Labute approximate surface area is 141 Å². The Bertz CT molecular complexity index is 692. The molecule has 0 radical (unpaired) electrons. The number of aryl methyl sites for hydroxylation is 1. The van der Waals surface area contributed by atoms with E-state index >= 15 is 0 Å². The van der Waals surface area contributed by atoms with E-state index in [9.17, 15) is 4.79 Å². The van der Waals surface area contributed by atoms with E-state index in [1.807, 2.05) is 55.5 Å². The summed E-state index contributed by atoms with van der Waals surface area (Å²) in [5.41, 5.74) is 4.41. The van der Waals surface area contributed by atoms with E-state index in [1.165, 1.54) is 0 Å². The minimum atomic E-state index is -0.322. The van der Waals surface area contributed by atoms with Crippen molar-refractivity contribution in [2.45, 2.75) is 6.92 Å². The van der Waals surface area contributed by atoms with Gasteiger partial charge in [0.15, 0.2) is 6.61 Å². The summed E-state index contributed by atoms with van der Waals surface area (Å²) in [7, 11) is 0. The summed E-state index contributed by atoms with van der Waals surface area (Å²) >= 11 is 0. The van der Waals surface area contributed by atoms with Crippen molar-refractivity contribution in [2.75, 3.05) is 13.2 Å². The Balaban J connectivity index is 1.75. The quantitative estimate of drug-likeness (QED) is 0.461. The summed E-state index contributed by atoms with van der Waals surface area (Å²) in [5.74, 6) is 1.08. The zero-order chi connectivity index (χ0) is 17.2. The molecule has 0 aliphatic carbocycles. The van der Waals surface area contributed by atoms with Gasteiger partial charge in [0.1, 0.15) is 18.1 Å². The molecule has 2 aromatic carbocycles. The number of hydrogen-bond acceptors (Lipinski definition) is 4. The fourth-order valence-electron chi connectivity index (χ4n) is 1.80. The lowest BCUT2D eigenvalue weighted by atomic mass is 10.2. The minimum absolute atomic E-state index is 0.0886. The predicted octanol–water partition coefficient (Wildman–Crippen LogP) is 3.09. The molecule has 0 saturated carbocycles. The molecule has 0 heterocycles. The first-order valence-corrected chi connectivity index (χ1v) is 7.52. The summed E-state index contributed by atoms with van der Waals surface area (Å²) in [6, 6.07) is 14.8. The molecular formula is C19H20N2O3. The number of carbonyl (C=O) groups is 1. The SMILES string of the molecule is C=CCOc1ccc(C=NNC(=O)COc2ccc(C)cc2)cc1. The van der Waals surface area contributed by atoms with Gasteiger partial charge in [0.05, 0.1) is 6.21 Å². The van der Waals surface area contributed by atoms with Crippen LogP contribution in [-0.2, 0) is 4.79 Å². The molecule has 0 bridgehead atoms. The van der Waals surface area contributed by atoms with Crippen molar-refractivity contribution in [1.82, 2.24) is 5.43 Å². The van der Waals surface area contributed by atoms with Gasteiger partial charge in [-0.15, -0.1) is 0 Å². The number of carbonyl (C=O) groups excluding carboxylic acids is 1. The van der Waals surface area contributed by atoms with Crippen LogP contribution in [0.25, 0.3) is 0 Å². The van der Waals surface area contributed by atoms with Crippen molar-refractivity contribution in [1.29, 1.82) is 0 Å². The lowest BCUT2D eigenvalue weighted by molar-refractivity contribution is -0.123. The first-order valence-electron chi connectivity index (χ1n) is 7.52. The number of nitrogens with one attached hydrogen (secondary N) is 1. The molecule has 2 aromatic rings. The topological polar surface area (TPSA) is 59.9 Å². The van der Waals surface area contributed by atoms with Gasteiger partial charge in [0, 0.05) is 0 Å². The minimum Gasteiger partial charge on any atom is -0.490 e. The molecule has 124 valence electrons. The van der Waals surface area contributed by atoms with Gasteiger partial charge in [-0.3, -0.25) is 4.79 Å². The van der Waals surface area contributed by atoms with Gasteiger partial charge in [-0.25, -0.2) is 5.43 Å². The van der Waals surface area contributed by atoms with Crippen molar-refractivity contribution < 1.29 is 14.3 Å². The smallest absolute Gasteiger partial charge is 0.277 e. The maximum atomic E-state index is 11.7. The summed E-state index contributed by atoms with van der Waals surface area (Å²) < 4.78 is 10.8. The molecule has 0 aliphatic heterocycles. The first-order chi connectivity index (χ1) is 11.7. The summed E-state index contributed by atoms with van der Waals surface area (Å²) in [6.07, 6.45) is 3.24. The van der Waals surface area contributed by atoms with Gasteiger partial charge in [-0.2, -0.15) is 5.10 Å². The highest BCUT2D eigenvalue weighted by molar-refractivity contribution is 5.83. The van der Waals surface area contributed by atoms with Gasteiger partial charge in [0.2, 0.25) is 0 Å². The second-order valence-electron chi connectivity index (χ2n) is 5.06. The van der Waals surface area contributed by atoms with E-state index < -0.39 is 0 Å². The molecule has 0 atom stereocenters. The Morgan fingerprint density at radius 2 is 1.71 bits per heavy atom. The molecule has 1 amide bonds. The Morgan fingerprint density at radius 1 is 1.08 bits per heavy atom. The fraction of sp³-hybridized carbons (Fsp3) is 0.158. The number of benzene rings is 2. The molecule has 0 saturated heterocycles. The zero-order valence-electron chi connectivity index (χ0n) is 13.6. The van der Waals surface area contributed by atoms with Crippen LogP contribution < -0.4 is 14.9 Å². The van der Waals surface area contributed by atoms with E-state index in [1.54, 1.807) is 12.3 Å². The van der Waals surface area contributed by atoms with Crippen LogP contribution >= 0.6 is 0 Å². The van der Waals surface area contributed by atoms with Gasteiger partial charge in [-0.05, 0) is 48.9 Å². The molecule has 0 fully saturated rings. The van der Waals surface area contributed by atoms with E-state index in [2.05, 4.69) is 17.1 Å². The molecule has 5 nitrogen and oxygen atoms in total. The Kier molecular flexibility index (Phi) is 6.58. The fourth-order valence-corrected chi connectivity index (χ4v) is 1.80. The number of hydrazone groups is 1. The van der Waals surface area contributed by atoms with E-state index in [4.69, 9.17) is 9.47 Å². The normalized spacial score (nSPS) is 10.4. The average Bonchev–Trinajstić information content (AvgIpc) is 2.60. The Hall–Kier alpha value is -3.08. The molecule has 0 aliphatic rings. The second-order valence-corrected chi connectivity index (χ2v) is 5.06. The summed E-state index contributed by atoms with van der Waals surface area (Å²) in [5, 5.41) is 3.90. The van der Waals surface area contributed by atoms with Crippen molar-refractivity contribution in [2.24, 2.45) is 5.10 Å². The molecule has 1 N–H and O–H groups in total. The van der Waals surface area contributed by atoms with Crippen LogP contribution in [0.3, 0.4) is 0 Å². The Morgan fingerprint density at radius 3 is 2.38 bits per heavy atom. The number of amides is 1. The number of nitrogens with zero attached hydrogens (tertiary/aromatic N) is 1. The lowest BCUT2D eigenvalue weighted by Crippen LogP contribution is -2.24. The average molecular weight is 324 g/mol. The summed E-state index contributed by atoms with van der Waals surface area (Å²) in [4.78, 5) is 11.7. The van der Waals surface area contributed by atoms with Crippen LogP contribution in [0.15, 0.2) is 66.3 Å². The van der Waals surface area contributed by atoms with Crippen LogP contribution in [-0.4, -0.2) is 25.3 Å². The first kappa shape index (κ1) is 17.3. The third-order valence-electron chi connectivity index (χ3n) is 3.04. The highest BCUT2D eigenvalue weighted by Gasteiger charge is 2.01. The zero-order valence-corrected chi connectivity index (χ0v) is 13.6. The predicted molar refractivity (Wildman–Crippen MR) is 94.5 cm³/mol. The number of ether oxygens (including phenoxy) is 2. The largest absolute Gasteiger partial charge is 0.490 e. The van der Waals surface area contributed by atoms with Gasteiger partial charge in [-0.1, -0.05) is 30.4 Å². The third-order valence-corrected chi connectivity index (χ3v) is 3.04. The van der Waals surface area contributed by atoms with Crippen molar-refractivity contribution in [3.05, 3.63) is 72.3 Å². The van der Waals surface area contributed by atoms with Crippen LogP contribution in [0.2, 0.25) is 0 Å². The van der Waals surface area contributed by atoms with Crippen molar-refractivity contribution in [3.63, 3.8) is 0 Å². The van der Waals surface area contributed by atoms with Crippen molar-refractivity contribution in [3.8, 4) is 11.5 Å². The van der Waals surface area contributed by atoms with Crippen LogP contribution in [0, 0.1) is 6.92 Å². The lowest BCUT2D eigenvalue weighted by Gasteiger charge is -2.05. The molecule has 2 rings (SSSR count). The number of rotatable bonds is 8.